The van der Waals surface area contributed by atoms with Gasteiger partial charge in [-0.15, -0.1) is 0 Å². The molecule has 0 saturated carbocycles. The van der Waals surface area contributed by atoms with Crippen LogP contribution in [0.5, 0.6) is 0 Å². The molecular weight excluding hydrogens is 249 g/mol. The Balaban J connectivity index is 2.57. The first-order chi connectivity index (χ1) is 8.80. The van der Waals surface area contributed by atoms with Crippen LogP contribution in [-0.4, -0.2) is 29.4 Å². The molecule has 0 aromatic heterocycles. The second-order valence-electron chi connectivity index (χ2n) is 5.22. The van der Waals surface area contributed by atoms with E-state index in [2.05, 4.69) is 0 Å². The Hall–Kier alpha value is -1.91. The van der Waals surface area contributed by atoms with E-state index in [-0.39, 0.29) is 18.9 Å². The summed E-state index contributed by atoms with van der Waals surface area (Å²) in [5.74, 6) is -0.810. The van der Waals surface area contributed by atoms with Crippen molar-refractivity contribution in [3.8, 4) is 0 Å². The molecule has 0 heterocycles. The van der Waals surface area contributed by atoms with Gasteiger partial charge < -0.3 is 9.64 Å². The quantitative estimate of drug-likeness (QED) is 0.606. The monoisotopic (exact) mass is 267 g/mol. The van der Waals surface area contributed by atoms with Crippen molar-refractivity contribution in [3.05, 3.63) is 35.6 Å². The summed E-state index contributed by atoms with van der Waals surface area (Å²) in [5.41, 5.74) is 0.165. The lowest BCUT2D eigenvalue weighted by Crippen LogP contribution is -2.33. The zero-order chi connectivity index (χ0) is 14.5. The standard InChI is InChI=1S/C14H18FNO3/c1-14(2,3)19-13(18)9-16(10-17)8-11-4-6-12(15)7-5-11/h4-7,10H,8-9H2,1-3H3. The summed E-state index contributed by atoms with van der Waals surface area (Å²) in [6, 6.07) is 5.76. The van der Waals surface area contributed by atoms with E-state index in [9.17, 15) is 14.0 Å². The molecule has 0 aliphatic heterocycles. The molecule has 19 heavy (non-hydrogen) atoms. The average molecular weight is 267 g/mol. The number of hydrogen-bond acceptors (Lipinski definition) is 3. The summed E-state index contributed by atoms with van der Waals surface area (Å²) in [6.45, 7) is 5.39. The predicted octanol–water partition coefficient (Wildman–Crippen LogP) is 2.13. The summed E-state index contributed by atoms with van der Waals surface area (Å²) in [7, 11) is 0. The number of esters is 1. The Kier molecular flexibility index (Phi) is 5.03. The van der Waals surface area contributed by atoms with Gasteiger partial charge in [0.2, 0.25) is 6.41 Å². The van der Waals surface area contributed by atoms with E-state index < -0.39 is 11.6 Å². The molecule has 1 aromatic carbocycles. The number of amides is 1. The van der Waals surface area contributed by atoms with Gasteiger partial charge in [0, 0.05) is 6.54 Å². The summed E-state index contributed by atoms with van der Waals surface area (Å²) in [5, 5.41) is 0. The first-order valence-corrected chi connectivity index (χ1v) is 5.96. The van der Waals surface area contributed by atoms with E-state index in [1.807, 2.05) is 0 Å². The molecular formula is C14H18FNO3. The van der Waals surface area contributed by atoms with Crippen LogP contribution in [0.25, 0.3) is 0 Å². The van der Waals surface area contributed by atoms with Crippen molar-refractivity contribution in [2.45, 2.75) is 32.9 Å². The SMILES string of the molecule is CC(C)(C)OC(=O)CN(C=O)Cc1ccc(F)cc1. The van der Waals surface area contributed by atoms with Gasteiger partial charge in [-0.05, 0) is 38.5 Å². The van der Waals surface area contributed by atoms with Crippen LogP contribution in [0.15, 0.2) is 24.3 Å². The molecule has 0 aliphatic carbocycles. The van der Waals surface area contributed by atoms with E-state index in [0.717, 1.165) is 5.56 Å². The topological polar surface area (TPSA) is 46.6 Å². The van der Waals surface area contributed by atoms with Gasteiger partial charge in [0.05, 0.1) is 0 Å². The number of benzene rings is 1. The van der Waals surface area contributed by atoms with Crippen molar-refractivity contribution in [2.75, 3.05) is 6.54 Å². The summed E-state index contributed by atoms with van der Waals surface area (Å²) >= 11 is 0. The molecule has 5 heteroatoms. The van der Waals surface area contributed by atoms with Crippen LogP contribution < -0.4 is 0 Å². The van der Waals surface area contributed by atoms with E-state index >= 15 is 0 Å². The van der Waals surface area contributed by atoms with Crippen LogP contribution in [0.4, 0.5) is 4.39 Å². The Morgan fingerprint density at radius 2 is 1.89 bits per heavy atom. The fourth-order valence-electron chi connectivity index (χ4n) is 1.49. The minimum atomic E-state index is -0.582. The highest BCUT2D eigenvalue weighted by molar-refractivity contribution is 5.74. The molecule has 1 rings (SSSR count). The molecule has 104 valence electrons. The van der Waals surface area contributed by atoms with Crippen molar-refractivity contribution in [2.24, 2.45) is 0 Å². The molecule has 4 nitrogen and oxygen atoms in total. The molecule has 0 N–H and O–H groups in total. The maximum atomic E-state index is 12.7. The first kappa shape index (κ1) is 15.1. The zero-order valence-electron chi connectivity index (χ0n) is 11.4. The molecule has 0 spiro atoms. The van der Waals surface area contributed by atoms with E-state index in [0.29, 0.717) is 6.41 Å². The average Bonchev–Trinajstić information content (AvgIpc) is 2.28. The number of rotatable bonds is 5. The van der Waals surface area contributed by atoms with Crippen LogP contribution in [0.3, 0.4) is 0 Å². The normalized spacial score (nSPS) is 10.9. The summed E-state index contributed by atoms with van der Waals surface area (Å²) in [4.78, 5) is 23.8. The molecule has 1 amide bonds. The van der Waals surface area contributed by atoms with Crippen LogP contribution in [0, 0.1) is 5.82 Å². The zero-order valence-corrected chi connectivity index (χ0v) is 11.4. The third-order valence-electron chi connectivity index (χ3n) is 2.20. The second kappa shape index (κ2) is 6.31. The second-order valence-corrected chi connectivity index (χ2v) is 5.22. The number of halogens is 1. The molecule has 0 bridgehead atoms. The summed E-state index contributed by atoms with van der Waals surface area (Å²) in [6.07, 6.45) is 0.577. The lowest BCUT2D eigenvalue weighted by Gasteiger charge is -2.22. The minimum absolute atomic E-state index is 0.127. The number of carbonyl (C=O) groups is 2. The fourth-order valence-corrected chi connectivity index (χ4v) is 1.49. The van der Waals surface area contributed by atoms with Crippen LogP contribution in [-0.2, 0) is 20.9 Å². The molecule has 0 saturated heterocycles. The van der Waals surface area contributed by atoms with Crippen molar-refractivity contribution in [3.63, 3.8) is 0 Å². The lowest BCUT2D eigenvalue weighted by atomic mass is 10.2. The van der Waals surface area contributed by atoms with Crippen molar-refractivity contribution in [1.82, 2.24) is 4.90 Å². The van der Waals surface area contributed by atoms with E-state index in [1.54, 1.807) is 32.9 Å². The van der Waals surface area contributed by atoms with Gasteiger partial charge in [-0.25, -0.2) is 4.39 Å². The van der Waals surface area contributed by atoms with Crippen LogP contribution in [0.1, 0.15) is 26.3 Å². The van der Waals surface area contributed by atoms with Gasteiger partial charge in [-0.3, -0.25) is 9.59 Å². The van der Waals surface area contributed by atoms with Crippen LogP contribution >= 0.6 is 0 Å². The molecule has 0 atom stereocenters. The molecule has 0 fully saturated rings. The predicted molar refractivity (Wildman–Crippen MR) is 68.7 cm³/mol. The highest BCUT2D eigenvalue weighted by Gasteiger charge is 2.18. The Morgan fingerprint density at radius 1 is 1.32 bits per heavy atom. The van der Waals surface area contributed by atoms with Gasteiger partial charge in [0.1, 0.15) is 18.0 Å². The van der Waals surface area contributed by atoms with E-state index in [1.165, 1.54) is 17.0 Å². The number of carbonyl (C=O) groups excluding carboxylic acids is 2. The van der Waals surface area contributed by atoms with Crippen molar-refractivity contribution >= 4 is 12.4 Å². The molecule has 0 radical (unpaired) electrons. The highest BCUT2D eigenvalue weighted by atomic mass is 19.1. The van der Waals surface area contributed by atoms with E-state index in [4.69, 9.17) is 4.74 Å². The maximum Gasteiger partial charge on any atom is 0.326 e. The third-order valence-corrected chi connectivity index (χ3v) is 2.20. The highest BCUT2D eigenvalue weighted by Crippen LogP contribution is 2.09. The fraction of sp³-hybridized carbons (Fsp3) is 0.429. The largest absolute Gasteiger partial charge is 0.459 e. The van der Waals surface area contributed by atoms with Gasteiger partial charge in [0.25, 0.3) is 0 Å². The minimum Gasteiger partial charge on any atom is -0.459 e. The molecule has 1 aromatic rings. The van der Waals surface area contributed by atoms with Crippen molar-refractivity contribution < 1.29 is 18.7 Å². The molecule has 0 unspecified atom stereocenters. The lowest BCUT2D eigenvalue weighted by molar-refractivity contribution is -0.157. The maximum absolute atomic E-state index is 12.7. The smallest absolute Gasteiger partial charge is 0.326 e. The number of nitrogens with zero attached hydrogens (tertiary/aromatic N) is 1. The van der Waals surface area contributed by atoms with Gasteiger partial charge in [0.15, 0.2) is 0 Å². The first-order valence-electron chi connectivity index (χ1n) is 5.96. The van der Waals surface area contributed by atoms with Crippen LogP contribution in [0.2, 0.25) is 0 Å². The molecule has 0 aliphatic rings. The number of ether oxygens (including phenoxy) is 1. The Morgan fingerprint density at radius 3 is 2.37 bits per heavy atom. The number of hydrogen-bond donors (Lipinski definition) is 0. The van der Waals surface area contributed by atoms with Gasteiger partial charge in [-0.1, -0.05) is 12.1 Å². The Labute approximate surface area is 112 Å². The Bertz CT molecular complexity index is 437. The summed E-state index contributed by atoms with van der Waals surface area (Å²) < 4.78 is 17.9. The van der Waals surface area contributed by atoms with Gasteiger partial charge in [-0.2, -0.15) is 0 Å². The van der Waals surface area contributed by atoms with Gasteiger partial charge >= 0.3 is 5.97 Å². The van der Waals surface area contributed by atoms with Crippen molar-refractivity contribution in [1.29, 1.82) is 0 Å². The third kappa shape index (κ3) is 5.99.